The summed E-state index contributed by atoms with van der Waals surface area (Å²) in [6.45, 7) is 0. The molecule has 1 aromatic carbocycles. The minimum atomic E-state index is -3.71. The first-order valence-electron chi connectivity index (χ1n) is 8.84. The molecule has 0 aliphatic heterocycles. The van der Waals surface area contributed by atoms with Gasteiger partial charge in [0.2, 0.25) is 0 Å². The zero-order valence-electron chi connectivity index (χ0n) is 14.8. The zero-order chi connectivity index (χ0) is 18.4. The summed E-state index contributed by atoms with van der Waals surface area (Å²) in [5, 5.41) is 11.5. The maximum Gasteiger partial charge on any atom is 0.263 e. The molecule has 1 fully saturated rings. The average molecular weight is 376 g/mol. The molecule has 2 aromatic rings. The number of methoxy groups -OCH3 is 1. The van der Waals surface area contributed by atoms with Crippen LogP contribution in [0.5, 0.6) is 5.75 Å². The van der Waals surface area contributed by atoms with Crippen molar-refractivity contribution in [2.45, 2.75) is 49.5 Å². The van der Waals surface area contributed by atoms with E-state index in [1.807, 2.05) is 0 Å². The number of sulfonamides is 1. The Morgan fingerprint density at radius 1 is 0.923 bits per heavy atom. The maximum atomic E-state index is 12.4. The van der Waals surface area contributed by atoms with E-state index in [1.54, 1.807) is 24.3 Å². The van der Waals surface area contributed by atoms with Crippen molar-refractivity contribution in [3.8, 4) is 5.75 Å². The van der Waals surface area contributed by atoms with Crippen LogP contribution in [0.2, 0.25) is 0 Å². The monoisotopic (exact) mass is 376 g/mol. The summed E-state index contributed by atoms with van der Waals surface area (Å²) in [4.78, 5) is 0.140. The van der Waals surface area contributed by atoms with E-state index in [0.29, 0.717) is 17.6 Å². The number of ether oxygens (including phenoxy) is 1. The predicted molar refractivity (Wildman–Crippen MR) is 101 cm³/mol. The van der Waals surface area contributed by atoms with Crippen molar-refractivity contribution in [2.24, 2.45) is 0 Å². The first-order chi connectivity index (χ1) is 12.6. The largest absolute Gasteiger partial charge is 0.497 e. The molecule has 0 spiro atoms. The van der Waals surface area contributed by atoms with Crippen LogP contribution in [0.15, 0.2) is 41.3 Å². The fraction of sp³-hybridized carbons (Fsp3) is 0.444. The van der Waals surface area contributed by atoms with Crippen LogP contribution < -0.4 is 14.8 Å². The van der Waals surface area contributed by atoms with Gasteiger partial charge in [-0.1, -0.05) is 25.7 Å². The van der Waals surface area contributed by atoms with E-state index < -0.39 is 10.0 Å². The summed E-state index contributed by atoms with van der Waals surface area (Å²) in [5.74, 6) is 1.45. The highest BCUT2D eigenvalue weighted by molar-refractivity contribution is 7.92. The lowest BCUT2D eigenvalue weighted by atomic mass is 10.1. The molecule has 7 nitrogen and oxygen atoms in total. The molecule has 2 N–H and O–H groups in total. The molecule has 0 radical (unpaired) electrons. The highest BCUT2D eigenvalue weighted by Crippen LogP contribution is 2.21. The van der Waals surface area contributed by atoms with Crippen LogP contribution in [0.1, 0.15) is 38.5 Å². The van der Waals surface area contributed by atoms with Gasteiger partial charge >= 0.3 is 0 Å². The molecule has 1 saturated carbocycles. The van der Waals surface area contributed by atoms with E-state index in [2.05, 4.69) is 20.2 Å². The third kappa shape index (κ3) is 4.85. The molecule has 0 unspecified atom stereocenters. The van der Waals surface area contributed by atoms with E-state index in [-0.39, 0.29) is 10.7 Å². The van der Waals surface area contributed by atoms with Gasteiger partial charge in [0.05, 0.1) is 12.0 Å². The predicted octanol–water partition coefficient (Wildman–Crippen LogP) is 3.42. The van der Waals surface area contributed by atoms with Gasteiger partial charge in [0, 0.05) is 6.04 Å². The summed E-state index contributed by atoms with van der Waals surface area (Å²) < 4.78 is 32.3. The smallest absolute Gasteiger partial charge is 0.263 e. The van der Waals surface area contributed by atoms with Gasteiger partial charge in [-0.05, 0) is 49.2 Å². The fourth-order valence-corrected chi connectivity index (χ4v) is 4.04. The van der Waals surface area contributed by atoms with Crippen molar-refractivity contribution >= 4 is 21.7 Å². The number of nitrogens with zero attached hydrogens (tertiary/aromatic N) is 2. The summed E-state index contributed by atoms with van der Waals surface area (Å²) in [7, 11) is -2.18. The molecule has 0 bridgehead atoms. The molecule has 140 valence electrons. The van der Waals surface area contributed by atoms with Crippen molar-refractivity contribution in [2.75, 3.05) is 17.1 Å². The second kappa shape index (κ2) is 8.35. The Balaban J connectivity index is 1.64. The second-order valence-corrected chi connectivity index (χ2v) is 8.10. The van der Waals surface area contributed by atoms with Gasteiger partial charge in [0.15, 0.2) is 5.82 Å². The van der Waals surface area contributed by atoms with Crippen molar-refractivity contribution < 1.29 is 13.2 Å². The molecule has 0 saturated heterocycles. The van der Waals surface area contributed by atoms with Crippen LogP contribution in [0.3, 0.4) is 0 Å². The molecule has 8 heteroatoms. The minimum Gasteiger partial charge on any atom is -0.497 e. The van der Waals surface area contributed by atoms with E-state index in [0.717, 1.165) is 12.8 Å². The fourth-order valence-electron chi connectivity index (χ4n) is 3.05. The Labute approximate surface area is 154 Å². The van der Waals surface area contributed by atoms with E-state index in [9.17, 15) is 8.42 Å². The van der Waals surface area contributed by atoms with Crippen LogP contribution in [0.4, 0.5) is 11.6 Å². The first kappa shape index (κ1) is 18.4. The lowest BCUT2D eigenvalue weighted by Crippen LogP contribution is -2.19. The minimum absolute atomic E-state index is 0.140. The van der Waals surface area contributed by atoms with Gasteiger partial charge in [-0.15, -0.1) is 10.2 Å². The Bertz CT molecular complexity index is 799. The zero-order valence-corrected chi connectivity index (χ0v) is 15.6. The molecule has 1 aromatic heterocycles. The number of nitrogens with one attached hydrogen (secondary N) is 2. The topological polar surface area (TPSA) is 93.2 Å². The summed E-state index contributed by atoms with van der Waals surface area (Å²) in [6, 6.07) is 9.94. The highest BCUT2D eigenvalue weighted by atomic mass is 32.2. The molecule has 3 rings (SSSR count). The van der Waals surface area contributed by atoms with Crippen LogP contribution >= 0.6 is 0 Å². The van der Waals surface area contributed by atoms with Crippen LogP contribution in [-0.4, -0.2) is 31.8 Å². The Hall–Kier alpha value is -2.35. The molecule has 0 atom stereocenters. The SMILES string of the molecule is COc1ccc(S(=O)(=O)Nc2ccc(NC3CCCCCC3)nn2)cc1. The van der Waals surface area contributed by atoms with E-state index in [4.69, 9.17) is 4.74 Å². The number of anilines is 2. The average Bonchev–Trinajstić information content (AvgIpc) is 2.92. The number of hydrogen-bond acceptors (Lipinski definition) is 6. The quantitative estimate of drug-likeness (QED) is 0.751. The van der Waals surface area contributed by atoms with Gasteiger partial charge in [-0.3, -0.25) is 4.72 Å². The van der Waals surface area contributed by atoms with Gasteiger partial charge in [-0.25, -0.2) is 8.42 Å². The number of aromatic nitrogens is 2. The molecular formula is C18H24N4O3S. The molecule has 26 heavy (non-hydrogen) atoms. The second-order valence-electron chi connectivity index (χ2n) is 6.42. The number of hydrogen-bond donors (Lipinski definition) is 2. The van der Waals surface area contributed by atoms with Gasteiger partial charge in [0.1, 0.15) is 11.6 Å². The van der Waals surface area contributed by atoms with Crippen LogP contribution in [0.25, 0.3) is 0 Å². The Morgan fingerprint density at radius 2 is 1.54 bits per heavy atom. The first-order valence-corrected chi connectivity index (χ1v) is 10.3. The normalized spacial score (nSPS) is 15.9. The van der Waals surface area contributed by atoms with Crippen molar-refractivity contribution in [3.63, 3.8) is 0 Å². The molecule has 0 amide bonds. The number of rotatable bonds is 6. The van der Waals surface area contributed by atoms with Crippen molar-refractivity contribution in [3.05, 3.63) is 36.4 Å². The third-order valence-corrected chi connectivity index (χ3v) is 5.85. The van der Waals surface area contributed by atoms with Crippen molar-refractivity contribution in [1.82, 2.24) is 10.2 Å². The van der Waals surface area contributed by atoms with E-state index >= 15 is 0 Å². The van der Waals surface area contributed by atoms with Gasteiger partial charge in [-0.2, -0.15) is 0 Å². The molecule has 1 aliphatic rings. The summed E-state index contributed by atoms with van der Waals surface area (Å²) >= 11 is 0. The molecule has 1 aliphatic carbocycles. The molecular weight excluding hydrogens is 352 g/mol. The molecule has 1 heterocycles. The lowest BCUT2D eigenvalue weighted by molar-refractivity contribution is 0.414. The Morgan fingerprint density at radius 3 is 2.12 bits per heavy atom. The Kier molecular flexibility index (Phi) is 5.92. The number of benzene rings is 1. The van der Waals surface area contributed by atoms with Crippen LogP contribution in [-0.2, 0) is 10.0 Å². The van der Waals surface area contributed by atoms with E-state index in [1.165, 1.54) is 44.9 Å². The van der Waals surface area contributed by atoms with Crippen LogP contribution in [0, 0.1) is 0 Å². The van der Waals surface area contributed by atoms with Gasteiger partial charge < -0.3 is 10.1 Å². The third-order valence-electron chi connectivity index (χ3n) is 4.48. The summed E-state index contributed by atoms with van der Waals surface area (Å²) in [6.07, 6.45) is 7.29. The summed E-state index contributed by atoms with van der Waals surface area (Å²) in [5.41, 5.74) is 0. The maximum absolute atomic E-state index is 12.4. The van der Waals surface area contributed by atoms with Crippen molar-refractivity contribution in [1.29, 1.82) is 0 Å². The standard InChI is InChI=1S/C18H24N4O3S/c1-25-15-8-10-16(11-9-15)26(23,24)22-18-13-12-17(20-21-18)19-14-6-4-2-3-5-7-14/h8-14H,2-7H2,1H3,(H,19,20)(H,21,22). The lowest BCUT2D eigenvalue weighted by Gasteiger charge is -2.16. The van der Waals surface area contributed by atoms with Gasteiger partial charge in [0.25, 0.3) is 10.0 Å². The highest BCUT2D eigenvalue weighted by Gasteiger charge is 2.16.